The van der Waals surface area contributed by atoms with Gasteiger partial charge in [-0.1, -0.05) is 0 Å². The molecular formula is C13H15N3O4. The summed E-state index contributed by atoms with van der Waals surface area (Å²) in [4.78, 5) is 15.6. The van der Waals surface area contributed by atoms with E-state index in [9.17, 15) is 9.90 Å². The van der Waals surface area contributed by atoms with Crippen LogP contribution < -0.4 is 15.4 Å². The van der Waals surface area contributed by atoms with Crippen molar-refractivity contribution in [3.63, 3.8) is 0 Å². The first kappa shape index (κ1) is 13.9. The average Bonchev–Trinajstić information content (AvgIpc) is 3.00. The molecule has 2 amide bonds. The number of hydrogen-bond acceptors (Lipinski definition) is 5. The molecule has 0 aromatic carbocycles. The lowest BCUT2D eigenvalue weighted by Crippen LogP contribution is -2.32. The van der Waals surface area contributed by atoms with Gasteiger partial charge in [-0.25, -0.2) is 9.78 Å². The number of aliphatic hydroxyl groups is 1. The summed E-state index contributed by atoms with van der Waals surface area (Å²) >= 11 is 0. The van der Waals surface area contributed by atoms with E-state index >= 15 is 0 Å². The van der Waals surface area contributed by atoms with Crippen molar-refractivity contribution >= 4 is 11.7 Å². The SMILES string of the molecule is COc1ccc(NC(=O)NCC(O)c2ccco2)cn1. The van der Waals surface area contributed by atoms with Crippen LogP contribution in [0.2, 0.25) is 0 Å². The number of urea groups is 1. The zero-order valence-electron chi connectivity index (χ0n) is 10.9. The van der Waals surface area contributed by atoms with Gasteiger partial charge in [-0.2, -0.15) is 0 Å². The molecule has 3 N–H and O–H groups in total. The molecule has 2 aromatic rings. The Morgan fingerprint density at radius 3 is 2.95 bits per heavy atom. The minimum absolute atomic E-state index is 0.0446. The van der Waals surface area contributed by atoms with Crippen LogP contribution in [0.25, 0.3) is 0 Å². The third kappa shape index (κ3) is 3.72. The second-order valence-electron chi connectivity index (χ2n) is 3.96. The first-order valence-corrected chi connectivity index (χ1v) is 5.95. The van der Waals surface area contributed by atoms with Gasteiger partial charge in [0.1, 0.15) is 11.9 Å². The van der Waals surface area contributed by atoms with Crippen molar-refractivity contribution in [3.05, 3.63) is 42.5 Å². The molecule has 2 rings (SSSR count). The fraction of sp³-hybridized carbons (Fsp3) is 0.231. The van der Waals surface area contributed by atoms with Gasteiger partial charge in [0.15, 0.2) is 0 Å². The highest BCUT2D eigenvalue weighted by Gasteiger charge is 2.11. The molecule has 0 saturated heterocycles. The Morgan fingerprint density at radius 2 is 2.35 bits per heavy atom. The Balaban J connectivity index is 1.80. The number of hydrogen-bond donors (Lipinski definition) is 3. The Morgan fingerprint density at radius 1 is 1.50 bits per heavy atom. The molecule has 20 heavy (non-hydrogen) atoms. The molecule has 0 radical (unpaired) electrons. The van der Waals surface area contributed by atoms with Crippen LogP contribution in [0.4, 0.5) is 10.5 Å². The van der Waals surface area contributed by atoms with Crippen LogP contribution in [0.1, 0.15) is 11.9 Å². The number of furan rings is 1. The number of rotatable bonds is 5. The lowest BCUT2D eigenvalue weighted by Gasteiger charge is -2.10. The molecule has 0 fully saturated rings. The van der Waals surface area contributed by atoms with E-state index in [1.165, 1.54) is 19.6 Å². The van der Waals surface area contributed by atoms with Crippen molar-refractivity contribution in [2.24, 2.45) is 0 Å². The minimum atomic E-state index is -0.884. The molecule has 106 valence electrons. The number of anilines is 1. The standard InChI is InChI=1S/C13H15N3O4/c1-19-12-5-4-9(7-14-12)16-13(18)15-8-10(17)11-3-2-6-20-11/h2-7,10,17H,8H2,1H3,(H2,15,16,18). The lowest BCUT2D eigenvalue weighted by atomic mass is 10.3. The van der Waals surface area contributed by atoms with Crippen LogP contribution in [0.3, 0.4) is 0 Å². The van der Waals surface area contributed by atoms with Gasteiger partial charge in [0.05, 0.1) is 31.8 Å². The number of methoxy groups -OCH3 is 1. The molecule has 1 unspecified atom stereocenters. The number of amides is 2. The number of nitrogens with zero attached hydrogens (tertiary/aromatic N) is 1. The average molecular weight is 277 g/mol. The van der Waals surface area contributed by atoms with Crippen LogP contribution in [-0.4, -0.2) is 29.8 Å². The van der Waals surface area contributed by atoms with Gasteiger partial charge >= 0.3 is 6.03 Å². The summed E-state index contributed by atoms with van der Waals surface area (Å²) in [5.41, 5.74) is 0.524. The molecule has 0 spiro atoms. The summed E-state index contributed by atoms with van der Waals surface area (Å²) in [6, 6.07) is 6.16. The van der Waals surface area contributed by atoms with Crippen LogP contribution in [0, 0.1) is 0 Å². The van der Waals surface area contributed by atoms with E-state index in [-0.39, 0.29) is 6.54 Å². The van der Waals surface area contributed by atoms with E-state index in [0.29, 0.717) is 17.3 Å². The maximum atomic E-state index is 11.6. The summed E-state index contributed by atoms with van der Waals surface area (Å²) in [7, 11) is 1.51. The van der Waals surface area contributed by atoms with E-state index in [1.807, 2.05) is 0 Å². The van der Waals surface area contributed by atoms with Gasteiger partial charge in [0.25, 0.3) is 0 Å². The van der Waals surface area contributed by atoms with Crippen LogP contribution in [0.15, 0.2) is 41.1 Å². The minimum Gasteiger partial charge on any atom is -0.481 e. The van der Waals surface area contributed by atoms with Gasteiger partial charge in [-0.15, -0.1) is 0 Å². The number of nitrogens with one attached hydrogen (secondary N) is 2. The third-order valence-corrected chi connectivity index (χ3v) is 2.53. The topological polar surface area (TPSA) is 96.6 Å². The largest absolute Gasteiger partial charge is 0.481 e. The summed E-state index contributed by atoms with van der Waals surface area (Å²) in [6.45, 7) is 0.0446. The van der Waals surface area contributed by atoms with Gasteiger partial charge in [0, 0.05) is 6.07 Å². The molecule has 1 atom stereocenters. The molecule has 2 heterocycles. The van der Waals surface area contributed by atoms with E-state index in [0.717, 1.165) is 0 Å². The van der Waals surface area contributed by atoms with Crippen LogP contribution >= 0.6 is 0 Å². The van der Waals surface area contributed by atoms with Gasteiger partial charge in [-0.05, 0) is 18.2 Å². The second-order valence-corrected chi connectivity index (χ2v) is 3.96. The fourth-order valence-electron chi connectivity index (χ4n) is 1.52. The first-order chi connectivity index (χ1) is 9.69. The number of ether oxygens (including phenoxy) is 1. The van der Waals surface area contributed by atoms with Gasteiger partial charge in [0.2, 0.25) is 5.88 Å². The highest BCUT2D eigenvalue weighted by atomic mass is 16.5. The van der Waals surface area contributed by atoms with E-state index in [2.05, 4.69) is 15.6 Å². The Bertz CT molecular complexity index is 539. The maximum Gasteiger partial charge on any atom is 0.319 e. The molecule has 0 bridgehead atoms. The highest BCUT2D eigenvalue weighted by molar-refractivity contribution is 5.89. The summed E-state index contributed by atoms with van der Waals surface area (Å²) in [6.07, 6.45) is 2.05. The quantitative estimate of drug-likeness (QED) is 0.770. The van der Waals surface area contributed by atoms with Gasteiger partial charge < -0.3 is 24.9 Å². The van der Waals surface area contributed by atoms with E-state index in [4.69, 9.17) is 9.15 Å². The predicted octanol–water partition coefficient (Wildman–Crippen LogP) is 1.54. The van der Waals surface area contributed by atoms with Crippen LogP contribution in [0.5, 0.6) is 5.88 Å². The van der Waals surface area contributed by atoms with Crippen molar-refractivity contribution in [1.29, 1.82) is 0 Å². The van der Waals surface area contributed by atoms with Crippen molar-refractivity contribution in [1.82, 2.24) is 10.3 Å². The number of carbonyl (C=O) groups excluding carboxylic acids is 1. The summed E-state index contributed by atoms with van der Waals surface area (Å²) in [5, 5.41) is 14.8. The van der Waals surface area contributed by atoms with E-state index in [1.54, 1.807) is 24.3 Å². The predicted molar refractivity (Wildman–Crippen MR) is 71.5 cm³/mol. The molecule has 0 aliphatic heterocycles. The molecular weight excluding hydrogens is 262 g/mol. The summed E-state index contributed by atoms with van der Waals surface area (Å²) < 4.78 is 9.94. The Kier molecular flexibility index (Phi) is 4.56. The smallest absolute Gasteiger partial charge is 0.319 e. The van der Waals surface area contributed by atoms with Crippen molar-refractivity contribution in [2.45, 2.75) is 6.10 Å². The number of carbonyl (C=O) groups is 1. The van der Waals surface area contributed by atoms with Crippen LogP contribution in [-0.2, 0) is 0 Å². The highest BCUT2D eigenvalue weighted by Crippen LogP contribution is 2.12. The molecule has 7 heteroatoms. The number of aromatic nitrogens is 1. The second kappa shape index (κ2) is 6.58. The number of pyridine rings is 1. The Hall–Kier alpha value is -2.54. The van der Waals surface area contributed by atoms with Gasteiger partial charge in [-0.3, -0.25) is 0 Å². The van der Waals surface area contributed by atoms with E-state index < -0.39 is 12.1 Å². The molecule has 2 aromatic heterocycles. The maximum absolute atomic E-state index is 11.6. The normalized spacial score (nSPS) is 11.7. The molecule has 0 aliphatic rings. The Labute approximate surface area is 115 Å². The monoisotopic (exact) mass is 277 g/mol. The first-order valence-electron chi connectivity index (χ1n) is 5.95. The summed E-state index contributed by atoms with van der Waals surface area (Å²) in [5.74, 6) is 0.862. The third-order valence-electron chi connectivity index (χ3n) is 2.53. The fourth-order valence-corrected chi connectivity index (χ4v) is 1.52. The van der Waals surface area contributed by atoms with Crippen molar-refractivity contribution in [3.8, 4) is 5.88 Å². The number of aliphatic hydroxyl groups excluding tert-OH is 1. The zero-order chi connectivity index (χ0) is 14.4. The molecule has 0 aliphatic carbocycles. The van der Waals surface area contributed by atoms with Crippen molar-refractivity contribution < 1.29 is 19.1 Å². The molecule has 7 nitrogen and oxygen atoms in total. The lowest BCUT2D eigenvalue weighted by molar-refractivity contribution is 0.149. The molecule has 0 saturated carbocycles. The van der Waals surface area contributed by atoms with Crippen molar-refractivity contribution in [2.75, 3.05) is 19.0 Å². The zero-order valence-corrected chi connectivity index (χ0v) is 10.9.